The van der Waals surface area contributed by atoms with E-state index in [1.807, 2.05) is 0 Å². The van der Waals surface area contributed by atoms with Crippen molar-refractivity contribution in [2.75, 3.05) is 19.6 Å². The Morgan fingerprint density at radius 2 is 1.78 bits per heavy atom. The Labute approximate surface area is 135 Å². The summed E-state index contributed by atoms with van der Waals surface area (Å²) in [7, 11) is 0. The second-order valence-electron chi connectivity index (χ2n) is 6.89. The number of piperidine rings is 1. The highest BCUT2D eigenvalue weighted by atomic mass is 19.4. The third-order valence-corrected chi connectivity index (χ3v) is 5.20. The van der Waals surface area contributed by atoms with Crippen LogP contribution in [0.25, 0.3) is 0 Å². The summed E-state index contributed by atoms with van der Waals surface area (Å²) in [6.45, 7) is 0.430. The lowest BCUT2D eigenvalue weighted by molar-refractivity contribution is -0.271. The van der Waals surface area contributed by atoms with Gasteiger partial charge in [-0.05, 0) is 12.3 Å². The number of unbranched alkanes of at least 4 members (excludes halogenated alkanes) is 1. The number of likely N-dealkylation sites (tertiary alicyclic amines) is 1. The van der Waals surface area contributed by atoms with E-state index in [-0.39, 0.29) is 19.1 Å². The fraction of sp³-hybridized carbons (Fsp3) is 0.938. The molecule has 2 N–H and O–H groups in total. The first kappa shape index (κ1) is 18.4. The first-order valence-corrected chi connectivity index (χ1v) is 8.64. The molecule has 0 unspecified atom stereocenters. The predicted molar refractivity (Wildman–Crippen MR) is 81.0 cm³/mol. The molecule has 0 aromatic heterocycles. The van der Waals surface area contributed by atoms with Gasteiger partial charge in [0.1, 0.15) is 0 Å². The second-order valence-corrected chi connectivity index (χ2v) is 6.89. The fourth-order valence-corrected chi connectivity index (χ4v) is 3.53. The molecule has 1 saturated heterocycles. The maximum absolute atomic E-state index is 12.7. The first-order valence-electron chi connectivity index (χ1n) is 8.64. The van der Waals surface area contributed by atoms with Gasteiger partial charge in [-0.15, -0.1) is 0 Å². The molecule has 134 valence electrons. The van der Waals surface area contributed by atoms with Gasteiger partial charge in [0.15, 0.2) is 5.60 Å². The highest BCUT2D eigenvalue weighted by Gasteiger charge is 2.54. The van der Waals surface area contributed by atoms with Crippen LogP contribution in [0.2, 0.25) is 0 Å². The van der Waals surface area contributed by atoms with Crippen molar-refractivity contribution in [1.82, 2.24) is 10.2 Å². The average molecular weight is 336 g/mol. The normalized spacial score (nSPS) is 22.3. The molecule has 2 rings (SSSR count). The van der Waals surface area contributed by atoms with Crippen molar-refractivity contribution >= 4 is 6.03 Å². The van der Waals surface area contributed by atoms with E-state index >= 15 is 0 Å². The largest absolute Gasteiger partial charge is 0.417 e. The summed E-state index contributed by atoms with van der Waals surface area (Å²) in [5.41, 5.74) is -2.65. The van der Waals surface area contributed by atoms with E-state index in [9.17, 15) is 23.1 Å². The van der Waals surface area contributed by atoms with Crippen molar-refractivity contribution < 1.29 is 23.1 Å². The smallest absolute Gasteiger partial charge is 0.380 e. The van der Waals surface area contributed by atoms with Gasteiger partial charge in [0, 0.05) is 32.5 Å². The molecule has 2 aliphatic rings. The second kappa shape index (κ2) is 7.73. The zero-order valence-corrected chi connectivity index (χ0v) is 13.5. The number of nitrogens with one attached hydrogen (secondary N) is 1. The Bertz CT molecular complexity index is 387. The van der Waals surface area contributed by atoms with Gasteiger partial charge in [0.05, 0.1) is 0 Å². The minimum Gasteiger partial charge on any atom is -0.380 e. The standard InChI is InChI=1S/C16H27F3N2O2/c17-16(18,19)15(23)8-11-21(12-9-15)14(22)20-10-4-3-7-13-5-1-2-6-13/h13,23H,1-12H2,(H,20,22). The van der Waals surface area contributed by atoms with Crippen LogP contribution in [-0.2, 0) is 0 Å². The number of alkyl halides is 3. The molecular formula is C16H27F3N2O2. The van der Waals surface area contributed by atoms with Gasteiger partial charge in [-0.25, -0.2) is 4.79 Å². The third kappa shape index (κ3) is 4.99. The molecule has 1 heterocycles. The number of aliphatic hydroxyl groups is 1. The zero-order valence-electron chi connectivity index (χ0n) is 13.5. The number of hydrogen-bond acceptors (Lipinski definition) is 2. The van der Waals surface area contributed by atoms with Crippen LogP contribution in [0, 0.1) is 5.92 Å². The van der Waals surface area contributed by atoms with Crippen molar-refractivity contribution in [1.29, 1.82) is 0 Å². The molecule has 23 heavy (non-hydrogen) atoms. The number of carbonyl (C=O) groups excluding carboxylic acids is 1. The van der Waals surface area contributed by atoms with Crippen molar-refractivity contribution in [2.45, 2.75) is 69.6 Å². The highest BCUT2D eigenvalue weighted by molar-refractivity contribution is 5.74. The maximum Gasteiger partial charge on any atom is 0.417 e. The Morgan fingerprint density at radius 3 is 2.35 bits per heavy atom. The minimum atomic E-state index is -4.63. The van der Waals surface area contributed by atoms with Gasteiger partial charge >= 0.3 is 12.2 Å². The topological polar surface area (TPSA) is 52.6 Å². The molecule has 1 saturated carbocycles. The van der Waals surface area contributed by atoms with Gasteiger partial charge in [-0.2, -0.15) is 13.2 Å². The summed E-state index contributed by atoms with van der Waals surface area (Å²) < 4.78 is 38.1. The fourth-order valence-electron chi connectivity index (χ4n) is 3.53. The van der Waals surface area contributed by atoms with E-state index in [4.69, 9.17) is 0 Å². The van der Waals surface area contributed by atoms with Crippen LogP contribution in [0.1, 0.15) is 57.8 Å². The van der Waals surface area contributed by atoms with Gasteiger partial charge in [-0.1, -0.05) is 38.5 Å². The molecule has 0 atom stereocenters. The number of hydrogen-bond donors (Lipinski definition) is 2. The molecule has 0 aromatic rings. The molecule has 2 fully saturated rings. The van der Waals surface area contributed by atoms with E-state index in [0.29, 0.717) is 6.54 Å². The lowest BCUT2D eigenvalue weighted by Crippen LogP contribution is -2.55. The molecule has 0 bridgehead atoms. The molecule has 2 amide bonds. The lowest BCUT2D eigenvalue weighted by atomic mass is 9.91. The van der Waals surface area contributed by atoms with Crippen LogP contribution in [0.4, 0.5) is 18.0 Å². The SMILES string of the molecule is O=C(NCCCCC1CCCC1)N1CCC(O)(C(F)(F)F)CC1. The number of amides is 2. The molecule has 0 aromatic carbocycles. The first-order chi connectivity index (χ1) is 10.8. The van der Waals surface area contributed by atoms with E-state index in [0.717, 1.165) is 18.8 Å². The number of nitrogens with zero attached hydrogens (tertiary/aromatic N) is 1. The average Bonchev–Trinajstić information content (AvgIpc) is 2.99. The monoisotopic (exact) mass is 336 g/mol. The van der Waals surface area contributed by atoms with Gasteiger partial charge in [0.2, 0.25) is 0 Å². The van der Waals surface area contributed by atoms with Crippen LogP contribution in [0.15, 0.2) is 0 Å². The van der Waals surface area contributed by atoms with E-state index in [2.05, 4.69) is 5.32 Å². The van der Waals surface area contributed by atoms with Crippen LogP contribution in [-0.4, -0.2) is 47.4 Å². The van der Waals surface area contributed by atoms with Crippen molar-refractivity contribution in [3.8, 4) is 0 Å². The van der Waals surface area contributed by atoms with Crippen molar-refractivity contribution in [2.24, 2.45) is 5.92 Å². The van der Waals surface area contributed by atoms with Crippen molar-refractivity contribution in [3.05, 3.63) is 0 Å². The summed E-state index contributed by atoms with van der Waals surface area (Å²) in [5.74, 6) is 0.841. The van der Waals surface area contributed by atoms with Crippen molar-refractivity contribution in [3.63, 3.8) is 0 Å². The summed E-state index contributed by atoms with van der Waals surface area (Å²) in [6, 6.07) is -0.324. The molecule has 0 spiro atoms. The maximum atomic E-state index is 12.7. The quantitative estimate of drug-likeness (QED) is 0.756. The Kier molecular flexibility index (Phi) is 6.17. The van der Waals surface area contributed by atoms with Crippen LogP contribution in [0.5, 0.6) is 0 Å². The predicted octanol–water partition coefficient (Wildman–Crippen LogP) is 3.45. The minimum absolute atomic E-state index is 0.0656. The van der Waals surface area contributed by atoms with Crippen LogP contribution in [0.3, 0.4) is 0 Å². The van der Waals surface area contributed by atoms with Gasteiger partial charge < -0.3 is 15.3 Å². The number of urea groups is 1. The molecule has 1 aliphatic carbocycles. The van der Waals surface area contributed by atoms with E-state index in [1.165, 1.54) is 37.0 Å². The Balaban J connectivity index is 1.59. The molecule has 0 radical (unpaired) electrons. The Morgan fingerprint density at radius 1 is 1.17 bits per heavy atom. The Hall–Kier alpha value is -0.980. The molecule has 7 heteroatoms. The summed E-state index contributed by atoms with van der Waals surface area (Å²) in [6.07, 6.45) is 2.97. The number of carbonyl (C=O) groups is 1. The van der Waals surface area contributed by atoms with Crippen LogP contribution >= 0.6 is 0 Å². The molecular weight excluding hydrogens is 309 g/mol. The highest BCUT2D eigenvalue weighted by Crippen LogP contribution is 2.38. The summed E-state index contributed by atoms with van der Waals surface area (Å²) in [5, 5.41) is 12.3. The van der Waals surface area contributed by atoms with Gasteiger partial charge in [0.25, 0.3) is 0 Å². The molecule has 4 nitrogen and oxygen atoms in total. The summed E-state index contributed by atoms with van der Waals surface area (Å²) in [4.78, 5) is 13.3. The number of halogens is 3. The number of rotatable bonds is 5. The van der Waals surface area contributed by atoms with Crippen LogP contribution < -0.4 is 5.32 Å². The summed E-state index contributed by atoms with van der Waals surface area (Å²) >= 11 is 0. The third-order valence-electron chi connectivity index (χ3n) is 5.20. The lowest BCUT2D eigenvalue weighted by Gasteiger charge is -2.39. The van der Waals surface area contributed by atoms with Gasteiger partial charge in [-0.3, -0.25) is 0 Å². The molecule has 1 aliphatic heterocycles. The van der Waals surface area contributed by atoms with E-state index in [1.54, 1.807) is 0 Å². The van der Waals surface area contributed by atoms with E-state index < -0.39 is 24.6 Å². The zero-order chi connectivity index (χ0) is 16.9.